The van der Waals surface area contributed by atoms with Crippen LogP contribution in [0.4, 0.5) is 5.69 Å². The molecule has 0 aromatic heterocycles. The quantitative estimate of drug-likeness (QED) is 0.701. The minimum Gasteiger partial charge on any atom is -0.477 e. The molecule has 1 amide bonds. The van der Waals surface area contributed by atoms with E-state index in [0.29, 0.717) is 17.1 Å². The molecule has 1 N–H and O–H groups in total. The molecule has 8 heteroatoms. The first-order valence-electron chi connectivity index (χ1n) is 7.93. The number of amides is 1. The lowest BCUT2D eigenvalue weighted by Crippen LogP contribution is -2.29. The average Bonchev–Trinajstić information content (AvgIpc) is 2.63. The molecule has 0 fully saturated rings. The highest BCUT2D eigenvalue weighted by Crippen LogP contribution is 2.28. The maximum absolute atomic E-state index is 12.0. The van der Waals surface area contributed by atoms with E-state index in [1.54, 1.807) is 30.3 Å². The van der Waals surface area contributed by atoms with Crippen molar-refractivity contribution in [2.75, 3.05) is 11.9 Å². The molecule has 2 aromatic carbocycles. The Labute approximate surface area is 166 Å². The predicted octanol–water partition coefficient (Wildman–Crippen LogP) is 4.01. The van der Waals surface area contributed by atoms with Crippen molar-refractivity contribution >= 4 is 40.8 Å². The van der Waals surface area contributed by atoms with Crippen molar-refractivity contribution in [2.24, 2.45) is 0 Å². The number of carbonyl (C=O) groups excluding carboxylic acids is 2. The molecule has 0 aliphatic heterocycles. The Kier molecular flexibility index (Phi) is 7.47. The maximum Gasteiger partial charge on any atom is 0.347 e. The summed E-state index contributed by atoms with van der Waals surface area (Å²) >= 11 is 11.8. The fraction of sp³-hybridized carbons (Fsp3) is 0.211. The largest absolute Gasteiger partial charge is 0.477 e. The van der Waals surface area contributed by atoms with Crippen molar-refractivity contribution in [3.05, 3.63) is 58.1 Å². The van der Waals surface area contributed by atoms with Gasteiger partial charge in [-0.2, -0.15) is 5.26 Å². The Bertz CT molecular complexity index is 863. The smallest absolute Gasteiger partial charge is 0.347 e. The summed E-state index contributed by atoms with van der Waals surface area (Å²) in [5, 5.41) is 11.9. The SMILES string of the molecule is C[C@@H](Oc1ccc(Cl)cc1Cl)C(=O)OCC(=O)Nc1ccc(CC#N)cc1. The van der Waals surface area contributed by atoms with Crippen LogP contribution in [0.1, 0.15) is 12.5 Å². The van der Waals surface area contributed by atoms with Gasteiger partial charge in [-0.15, -0.1) is 0 Å². The molecule has 0 saturated carbocycles. The van der Waals surface area contributed by atoms with Gasteiger partial charge >= 0.3 is 5.97 Å². The lowest BCUT2D eigenvalue weighted by Gasteiger charge is -2.15. The Morgan fingerprint density at radius 2 is 1.89 bits per heavy atom. The molecule has 0 aliphatic rings. The third-order valence-corrected chi connectivity index (χ3v) is 3.93. The molecule has 0 saturated heterocycles. The van der Waals surface area contributed by atoms with Crippen LogP contribution in [-0.2, 0) is 20.7 Å². The van der Waals surface area contributed by atoms with Gasteiger partial charge in [0.1, 0.15) is 5.75 Å². The predicted molar refractivity (Wildman–Crippen MR) is 102 cm³/mol. The van der Waals surface area contributed by atoms with Crippen LogP contribution in [0.5, 0.6) is 5.75 Å². The Morgan fingerprint density at radius 3 is 2.52 bits per heavy atom. The van der Waals surface area contributed by atoms with E-state index in [2.05, 4.69) is 5.32 Å². The van der Waals surface area contributed by atoms with Gasteiger partial charge in [-0.1, -0.05) is 35.3 Å². The molecular formula is C19H16Cl2N2O4. The summed E-state index contributed by atoms with van der Waals surface area (Å²) in [7, 11) is 0. The van der Waals surface area contributed by atoms with Crippen LogP contribution in [-0.4, -0.2) is 24.6 Å². The van der Waals surface area contributed by atoms with Crippen LogP contribution in [0.3, 0.4) is 0 Å². The molecule has 0 bridgehead atoms. The van der Waals surface area contributed by atoms with E-state index in [1.807, 2.05) is 6.07 Å². The molecule has 140 valence electrons. The van der Waals surface area contributed by atoms with Crippen LogP contribution in [0.15, 0.2) is 42.5 Å². The number of nitrogens with one attached hydrogen (secondary N) is 1. The molecule has 6 nitrogen and oxygen atoms in total. The molecule has 2 rings (SSSR count). The second-order valence-electron chi connectivity index (χ2n) is 5.52. The second-order valence-corrected chi connectivity index (χ2v) is 6.37. The van der Waals surface area contributed by atoms with Gasteiger partial charge in [0.2, 0.25) is 0 Å². The fourth-order valence-corrected chi connectivity index (χ4v) is 2.51. The standard InChI is InChI=1S/C19H16Cl2N2O4/c1-12(27-17-7-4-14(20)10-16(17)21)19(25)26-11-18(24)23-15-5-2-13(3-6-15)8-9-22/h2-7,10,12H,8,11H2,1H3,(H,23,24)/t12-/m1/s1. The number of esters is 1. The lowest BCUT2D eigenvalue weighted by atomic mass is 10.1. The van der Waals surface area contributed by atoms with Gasteiger partial charge in [0.25, 0.3) is 5.91 Å². The van der Waals surface area contributed by atoms with Gasteiger partial charge in [0, 0.05) is 10.7 Å². The lowest BCUT2D eigenvalue weighted by molar-refractivity contribution is -0.153. The molecule has 0 unspecified atom stereocenters. The van der Waals surface area contributed by atoms with E-state index in [4.69, 9.17) is 37.9 Å². The number of hydrogen-bond acceptors (Lipinski definition) is 5. The molecule has 0 aliphatic carbocycles. The number of rotatable bonds is 7. The minimum atomic E-state index is -0.957. The molecule has 0 spiro atoms. The first-order valence-corrected chi connectivity index (χ1v) is 8.68. The maximum atomic E-state index is 12.0. The minimum absolute atomic E-state index is 0.264. The van der Waals surface area contributed by atoms with Crippen molar-refractivity contribution in [2.45, 2.75) is 19.4 Å². The van der Waals surface area contributed by atoms with Gasteiger partial charge in [0.15, 0.2) is 12.7 Å². The summed E-state index contributed by atoms with van der Waals surface area (Å²) in [4.78, 5) is 23.9. The van der Waals surface area contributed by atoms with E-state index in [-0.39, 0.29) is 10.8 Å². The number of nitrogens with zero attached hydrogens (tertiary/aromatic N) is 1. The van der Waals surface area contributed by atoms with E-state index < -0.39 is 24.6 Å². The number of nitriles is 1. The average molecular weight is 407 g/mol. The first kappa shape index (κ1) is 20.6. The van der Waals surface area contributed by atoms with E-state index >= 15 is 0 Å². The highest BCUT2D eigenvalue weighted by atomic mass is 35.5. The number of carbonyl (C=O) groups is 2. The topological polar surface area (TPSA) is 88.4 Å². The number of ether oxygens (including phenoxy) is 2. The zero-order chi connectivity index (χ0) is 19.8. The fourth-order valence-electron chi connectivity index (χ4n) is 2.06. The first-order chi connectivity index (χ1) is 12.9. The molecule has 2 aromatic rings. The molecule has 1 atom stereocenters. The number of anilines is 1. The van der Waals surface area contributed by atoms with Gasteiger partial charge < -0.3 is 14.8 Å². The van der Waals surface area contributed by atoms with Crippen LogP contribution < -0.4 is 10.1 Å². The molecular weight excluding hydrogens is 391 g/mol. The number of benzene rings is 2. The Hall–Kier alpha value is -2.75. The van der Waals surface area contributed by atoms with E-state index in [1.165, 1.54) is 19.1 Å². The van der Waals surface area contributed by atoms with E-state index in [9.17, 15) is 9.59 Å². The molecule has 0 heterocycles. The highest BCUT2D eigenvalue weighted by molar-refractivity contribution is 6.35. The summed E-state index contributed by atoms with van der Waals surface area (Å²) < 4.78 is 10.4. The van der Waals surface area contributed by atoms with Gasteiger partial charge in [-0.25, -0.2) is 4.79 Å². The Morgan fingerprint density at radius 1 is 1.19 bits per heavy atom. The van der Waals surface area contributed by atoms with Crippen LogP contribution >= 0.6 is 23.2 Å². The normalized spacial score (nSPS) is 11.2. The second kappa shape index (κ2) is 9.81. The third-order valence-electron chi connectivity index (χ3n) is 3.40. The number of hydrogen-bond donors (Lipinski definition) is 1. The highest BCUT2D eigenvalue weighted by Gasteiger charge is 2.19. The van der Waals surface area contributed by atoms with Gasteiger partial charge in [-0.05, 0) is 42.8 Å². The van der Waals surface area contributed by atoms with Crippen molar-refractivity contribution in [1.82, 2.24) is 0 Å². The van der Waals surface area contributed by atoms with Crippen molar-refractivity contribution < 1.29 is 19.1 Å². The van der Waals surface area contributed by atoms with Crippen molar-refractivity contribution in [3.8, 4) is 11.8 Å². The summed E-state index contributed by atoms with van der Waals surface area (Å²) in [5.74, 6) is -0.916. The van der Waals surface area contributed by atoms with Crippen molar-refractivity contribution in [1.29, 1.82) is 5.26 Å². The summed E-state index contributed by atoms with van der Waals surface area (Å²) in [6.45, 7) is 1.03. The summed E-state index contributed by atoms with van der Waals surface area (Å²) in [5.41, 5.74) is 1.38. The monoisotopic (exact) mass is 406 g/mol. The van der Waals surface area contributed by atoms with E-state index in [0.717, 1.165) is 5.56 Å². The number of halogens is 2. The third kappa shape index (κ3) is 6.48. The van der Waals surface area contributed by atoms with Crippen LogP contribution in [0, 0.1) is 11.3 Å². The van der Waals surface area contributed by atoms with Crippen molar-refractivity contribution in [3.63, 3.8) is 0 Å². The summed E-state index contributed by atoms with van der Waals surface area (Å²) in [6.07, 6.45) is -0.664. The molecule has 0 radical (unpaired) electrons. The summed E-state index contributed by atoms with van der Waals surface area (Å²) in [6, 6.07) is 13.4. The van der Waals surface area contributed by atoms with Crippen LogP contribution in [0.25, 0.3) is 0 Å². The van der Waals surface area contributed by atoms with Crippen LogP contribution in [0.2, 0.25) is 10.0 Å². The van der Waals surface area contributed by atoms with Gasteiger partial charge in [-0.3, -0.25) is 4.79 Å². The Balaban J connectivity index is 1.81. The zero-order valence-electron chi connectivity index (χ0n) is 14.4. The molecule has 27 heavy (non-hydrogen) atoms. The van der Waals surface area contributed by atoms with Gasteiger partial charge in [0.05, 0.1) is 17.5 Å². The zero-order valence-corrected chi connectivity index (χ0v) is 15.9.